The van der Waals surface area contributed by atoms with Crippen LogP contribution in [-0.4, -0.2) is 39.5 Å². The Bertz CT molecular complexity index is 1100. The van der Waals surface area contributed by atoms with Crippen molar-refractivity contribution in [3.63, 3.8) is 0 Å². The van der Waals surface area contributed by atoms with E-state index in [1.165, 1.54) is 17.7 Å². The van der Waals surface area contributed by atoms with Crippen LogP contribution in [0.4, 0.5) is 4.39 Å². The van der Waals surface area contributed by atoms with Gasteiger partial charge in [-0.05, 0) is 57.5 Å². The zero-order valence-corrected chi connectivity index (χ0v) is 19.1. The van der Waals surface area contributed by atoms with Gasteiger partial charge >= 0.3 is 7.12 Å². The van der Waals surface area contributed by atoms with E-state index >= 15 is 0 Å². The summed E-state index contributed by atoms with van der Waals surface area (Å²) in [6.07, 6.45) is 0. The molecule has 0 N–H and O–H groups in total. The average molecular weight is 433 g/mol. The Hall–Kier alpha value is -2.48. The van der Waals surface area contributed by atoms with Gasteiger partial charge in [0.1, 0.15) is 5.82 Å². The van der Waals surface area contributed by atoms with E-state index in [0.29, 0.717) is 0 Å². The van der Waals surface area contributed by atoms with Crippen molar-refractivity contribution in [1.82, 2.24) is 14.7 Å². The average Bonchev–Trinajstić information content (AvgIpc) is 3.22. The second kappa shape index (κ2) is 7.83. The monoisotopic (exact) mass is 433 g/mol. The Morgan fingerprint density at radius 2 is 1.59 bits per heavy atom. The molecule has 5 nitrogen and oxygen atoms in total. The van der Waals surface area contributed by atoms with Gasteiger partial charge in [-0.1, -0.05) is 30.3 Å². The maximum absolute atomic E-state index is 13.6. The summed E-state index contributed by atoms with van der Waals surface area (Å²) in [4.78, 5) is 2.43. The van der Waals surface area contributed by atoms with Crippen LogP contribution in [0, 0.1) is 5.82 Å². The van der Waals surface area contributed by atoms with Gasteiger partial charge in [-0.15, -0.1) is 0 Å². The standard InChI is InChI=1S/C25H29BFN3O2/c1-24(2)25(3,4)32-26(31-24)22-21-17-29(16-18-8-6-5-7-9-18)14-15-30(21)28-23(22)19-10-12-20(27)13-11-19/h5-13H,14-17H2,1-4H3. The molecule has 2 aliphatic heterocycles. The van der Waals surface area contributed by atoms with Crippen LogP contribution in [-0.2, 0) is 28.9 Å². The minimum Gasteiger partial charge on any atom is -0.399 e. The number of hydrogen-bond donors (Lipinski definition) is 0. The van der Waals surface area contributed by atoms with Crippen LogP contribution in [0.15, 0.2) is 54.6 Å². The van der Waals surface area contributed by atoms with Crippen LogP contribution in [0.3, 0.4) is 0 Å². The molecule has 0 unspecified atom stereocenters. The highest BCUT2D eigenvalue weighted by Crippen LogP contribution is 2.38. The molecule has 2 aromatic carbocycles. The first kappa shape index (κ1) is 21.4. The predicted molar refractivity (Wildman–Crippen MR) is 124 cm³/mol. The van der Waals surface area contributed by atoms with Gasteiger partial charge in [0.05, 0.1) is 29.1 Å². The summed E-state index contributed by atoms with van der Waals surface area (Å²) in [5.74, 6) is -0.260. The van der Waals surface area contributed by atoms with Crippen LogP contribution in [0.25, 0.3) is 11.3 Å². The minimum atomic E-state index is -0.527. The molecule has 1 saturated heterocycles. The van der Waals surface area contributed by atoms with Gasteiger partial charge in [0.2, 0.25) is 0 Å². The first-order valence-electron chi connectivity index (χ1n) is 11.2. The molecule has 0 saturated carbocycles. The van der Waals surface area contributed by atoms with Crippen molar-refractivity contribution in [3.05, 3.63) is 71.7 Å². The molecule has 32 heavy (non-hydrogen) atoms. The highest BCUT2D eigenvalue weighted by Gasteiger charge is 2.54. The first-order valence-corrected chi connectivity index (χ1v) is 11.2. The Labute approximate surface area is 189 Å². The number of halogens is 1. The van der Waals surface area contributed by atoms with E-state index in [1.54, 1.807) is 12.1 Å². The number of rotatable bonds is 4. The van der Waals surface area contributed by atoms with Crippen LogP contribution in [0.2, 0.25) is 0 Å². The molecule has 0 atom stereocenters. The van der Waals surface area contributed by atoms with Crippen LogP contribution >= 0.6 is 0 Å². The van der Waals surface area contributed by atoms with Gasteiger partial charge in [-0.25, -0.2) is 4.39 Å². The summed E-state index contributed by atoms with van der Waals surface area (Å²) < 4.78 is 28.6. The maximum atomic E-state index is 13.6. The maximum Gasteiger partial charge on any atom is 0.499 e. The molecule has 7 heteroatoms. The van der Waals surface area contributed by atoms with Gasteiger partial charge in [-0.3, -0.25) is 9.58 Å². The number of nitrogens with zero attached hydrogens (tertiary/aromatic N) is 3. The van der Waals surface area contributed by atoms with E-state index in [1.807, 2.05) is 6.07 Å². The summed E-state index contributed by atoms with van der Waals surface area (Å²) in [6, 6.07) is 17.0. The minimum absolute atomic E-state index is 0.260. The lowest BCUT2D eigenvalue weighted by molar-refractivity contribution is 0.00578. The molecule has 1 aromatic heterocycles. The van der Waals surface area contributed by atoms with Crippen molar-refractivity contribution < 1.29 is 13.7 Å². The van der Waals surface area contributed by atoms with Crippen molar-refractivity contribution in [3.8, 4) is 11.3 Å². The Kier molecular flexibility index (Phi) is 5.23. The molecule has 1 fully saturated rings. The fraction of sp³-hybridized carbons (Fsp3) is 0.400. The quantitative estimate of drug-likeness (QED) is 0.584. The molecular weight excluding hydrogens is 404 g/mol. The zero-order chi connectivity index (χ0) is 22.5. The Morgan fingerprint density at radius 1 is 0.938 bits per heavy atom. The van der Waals surface area contributed by atoms with Crippen LogP contribution < -0.4 is 5.46 Å². The van der Waals surface area contributed by atoms with Gasteiger partial charge in [0.25, 0.3) is 0 Å². The SMILES string of the molecule is CC1(C)OB(c2c(-c3ccc(F)cc3)nn3c2CN(Cc2ccccc2)CC3)OC1(C)C. The van der Waals surface area contributed by atoms with E-state index in [2.05, 4.69) is 61.5 Å². The van der Waals surface area contributed by atoms with E-state index < -0.39 is 18.3 Å². The summed E-state index contributed by atoms with van der Waals surface area (Å²) in [5.41, 5.74) is 4.11. The highest BCUT2D eigenvalue weighted by atomic mass is 19.1. The first-order chi connectivity index (χ1) is 15.2. The van der Waals surface area contributed by atoms with Crippen molar-refractivity contribution in [2.45, 2.75) is 58.5 Å². The van der Waals surface area contributed by atoms with Gasteiger partial charge < -0.3 is 9.31 Å². The lowest BCUT2D eigenvalue weighted by Gasteiger charge is -2.32. The van der Waals surface area contributed by atoms with Crippen molar-refractivity contribution in [2.75, 3.05) is 6.54 Å². The third kappa shape index (κ3) is 3.79. The molecule has 166 valence electrons. The normalized spacial score (nSPS) is 19.8. The topological polar surface area (TPSA) is 39.5 Å². The predicted octanol–water partition coefficient (Wildman–Crippen LogP) is 4.00. The molecule has 5 rings (SSSR count). The van der Waals surface area contributed by atoms with E-state index in [-0.39, 0.29) is 5.82 Å². The third-order valence-electron chi connectivity index (χ3n) is 6.96. The molecule has 0 aliphatic carbocycles. The molecular formula is C25H29BFN3O2. The fourth-order valence-electron chi connectivity index (χ4n) is 4.40. The van der Waals surface area contributed by atoms with E-state index in [9.17, 15) is 4.39 Å². The van der Waals surface area contributed by atoms with Gasteiger partial charge in [0.15, 0.2) is 0 Å². The third-order valence-corrected chi connectivity index (χ3v) is 6.96. The van der Waals surface area contributed by atoms with E-state index in [4.69, 9.17) is 14.4 Å². The molecule has 3 aromatic rings. The fourth-order valence-corrected chi connectivity index (χ4v) is 4.40. The summed E-state index contributed by atoms with van der Waals surface area (Å²) in [6.45, 7) is 11.6. The van der Waals surface area contributed by atoms with Crippen molar-refractivity contribution >= 4 is 12.6 Å². The largest absolute Gasteiger partial charge is 0.499 e. The zero-order valence-electron chi connectivity index (χ0n) is 19.1. The van der Waals surface area contributed by atoms with Crippen LogP contribution in [0.1, 0.15) is 39.0 Å². The summed E-state index contributed by atoms with van der Waals surface area (Å²) >= 11 is 0. The number of hydrogen-bond acceptors (Lipinski definition) is 4. The molecule has 0 radical (unpaired) electrons. The van der Waals surface area contributed by atoms with Crippen molar-refractivity contribution in [2.24, 2.45) is 0 Å². The van der Waals surface area contributed by atoms with Gasteiger partial charge in [0, 0.05) is 30.7 Å². The number of fused-ring (bicyclic) bond motifs is 1. The second-order valence-corrected chi connectivity index (χ2v) is 9.72. The van der Waals surface area contributed by atoms with Crippen molar-refractivity contribution in [1.29, 1.82) is 0 Å². The lowest BCUT2D eigenvalue weighted by Crippen LogP contribution is -2.42. The Morgan fingerprint density at radius 3 is 2.25 bits per heavy atom. The molecule has 2 aliphatic rings. The number of benzene rings is 2. The molecule has 0 spiro atoms. The van der Waals surface area contributed by atoms with E-state index in [0.717, 1.165) is 48.6 Å². The highest BCUT2D eigenvalue weighted by molar-refractivity contribution is 6.64. The summed E-state index contributed by atoms with van der Waals surface area (Å²) in [7, 11) is -0.527. The Balaban J connectivity index is 1.54. The molecule has 0 bridgehead atoms. The van der Waals surface area contributed by atoms with Gasteiger partial charge in [-0.2, -0.15) is 5.10 Å². The molecule has 3 heterocycles. The number of aromatic nitrogens is 2. The smallest absolute Gasteiger partial charge is 0.399 e. The summed E-state index contributed by atoms with van der Waals surface area (Å²) in [5, 5.41) is 4.94. The lowest BCUT2D eigenvalue weighted by atomic mass is 9.75. The second-order valence-electron chi connectivity index (χ2n) is 9.72. The molecule has 0 amide bonds. The van der Waals surface area contributed by atoms with Crippen LogP contribution in [0.5, 0.6) is 0 Å².